The molecule has 2 atom stereocenters. The maximum atomic E-state index is 12.2. The van der Waals surface area contributed by atoms with Crippen molar-refractivity contribution in [2.24, 2.45) is 5.92 Å². The van der Waals surface area contributed by atoms with Crippen LogP contribution in [0.25, 0.3) is 0 Å². The first-order valence-electron chi connectivity index (χ1n) is 7.80. The first-order chi connectivity index (χ1) is 9.72. The molecule has 21 heavy (non-hydrogen) atoms. The van der Waals surface area contributed by atoms with E-state index in [9.17, 15) is 4.79 Å². The minimum atomic E-state index is -0.495. The molecule has 3 nitrogen and oxygen atoms in total. The Balaban J connectivity index is 2.80. The van der Waals surface area contributed by atoms with E-state index in [-0.39, 0.29) is 11.9 Å². The lowest BCUT2D eigenvalue weighted by Crippen LogP contribution is -2.43. The molecule has 1 aromatic rings. The third-order valence-electron chi connectivity index (χ3n) is 3.83. The van der Waals surface area contributed by atoms with Gasteiger partial charge < -0.3 is 10.1 Å². The highest BCUT2D eigenvalue weighted by molar-refractivity contribution is 5.81. The number of amides is 1. The topological polar surface area (TPSA) is 38.3 Å². The summed E-state index contributed by atoms with van der Waals surface area (Å²) in [4.78, 5) is 12.2. The van der Waals surface area contributed by atoms with E-state index in [4.69, 9.17) is 4.74 Å². The molecule has 0 bridgehead atoms. The Hall–Kier alpha value is -1.51. The number of aryl methyl sites for hydroxylation is 1. The van der Waals surface area contributed by atoms with E-state index in [0.717, 1.165) is 16.9 Å². The van der Waals surface area contributed by atoms with E-state index < -0.39 is 6.10 Å². The number of carbonyl (C=O) groups is 1. The Kier molecular flexibility index (Phi) is 6.25. The van der Waals surface area contributed by atoms with Gasteiger partial charge in [0.1, 0.15) is 5.75 Å². The molecule has 0 aliphatic carbocycles. The molecule has 1 N–H and O–H groups in total. The van der Waals surface area contributed by atoms with Gasteiger partial charge in [0.2, 0.25) is 0 Å². The molecule has 1 aromatic carbocycles. The monoisotopic (exact) mass is 291 g/mol. The number of hydrogen-bond acceptors (Lipinski definition) is 2. The van der Waals surface area contributed by atoms with Gasteiger partial charge in [-0.15, -0.1) is 0 Å². The smallest absolute Gasteiger partial charge is 0.260 e. The predicted molar refractivity (Wildman–Crippen MR) is 87.8 cm³/mol. The SMILES string of the molecule is Cc1ccc(C(C)C)c(O[C@H](C)C(=O)N[C@H](C)C(C)C)c1. The largest absolute Gasteiger partial charge is 0.481 e. The second-order valence-electron chi connectivity index (χ2n) is 6.50. The molecule has 0 aliphatic rings. The highest BCUT2D eigenvalue weighted by Crippen LogP contribution is 2.28. The normalized spacial score (nSPS) is 14.1. The average Bonchev–Trinajstić information content (AvgIpc) is 2.37. The van der Waals surface area contributed by atoms with Gasteiger partial charge in [-0.3, -0.25) is 4.79 Å². The summed E-state index contributed by atoms with van der Waals surface area (Å²) >= 11 is 0. The molecule has 0 aliphatic heterocycles. The zero-order chi connectivity index (χ0) is 16.2. The maximum Gasteiger partial charge on any atom is 0.260 e. The van der Waals surface area contributed by atoms with E-state index in [1.807, 2.05) is 19.9 Å². The molecule has 0 saturated carbocycles. The van der Waals surface area contributed by atoms with Crippen LogP contribution in [-0.2, 0) is 4.79 Å². The van der Waals surface area contributed by atoms with Crippen LogP contribution >= 0.6 is 0 Å². The van der Waals surface area contributed by atoms with Gasteiger partial charge in [-0.05, 0) is 49.8 Å². The van der Waals surface area contributed by atoms with Gasteiger partial charge in [0.05, 0.1) is 0 Å². The average molecular weight is 291 g/mol. The van der Waals surface area contributed by atoms with E-state index in [0.29, 0.717) is 11.8 Å². The van der Waals surface area contributed by atoms with Crippen LogP contribution in [0.15, 0.2) is 18.2 Å². The third kappa shape index (κ3) is 5.07. The molecule has 0 spiro atoms. The lowest BCUT2D eigenvalue weighted by Gasteiger charge is -2.22. The van der Waals surface area contributed by atoms with Crippen molar-refractivity contribution in [3.8, 4) is 5.75 Å². The summed E-state index contributed by atoms with van der Waals surface area (Å²) < 4.78 is 5.92. The Morgan fingerprint density at radius 3 is 2.24 bits per heavy atom. The van der Waals surface area contributed by atoms with E-state index in [2.05, 4.69) is 45.1 Å². The molecule has 3 heteroatoms. The van der Waals surface area contributed by atoms with Crippen LogP contribution in [0.2, 0.25) is 0 Å². The number of rotatable bonds is 6. The standard InChI is InChI=1S/C18H29NO2/c1-11(2)14(6)19-18(20)15(7)21-17-10-13(5)8-9-16(17)12(3)4/h8-12,14-15H,1-7H3,(H,19,20)/t14-,15-/m1/s1. The van der Waals surface area contributed by atoms with Crippen LogP contribution in [0.1, 0.15) is 58.6 Å². The lowest BCUT2D eigenvalue weighted by atomic mass is 10.0. The number of carbonyl (C=O) groups excluding carboxylic acids is 1. The van der Waals surface area contributed by atoms with Crippen molar-refractivity contribution < 1.29 is 9.53 Å². The van der Waals surface area contributed by atoms with E-state index in [1.165, 1.54) is 0 Å². The number of nitrogens with one attached hydrogen (secondary N) is 1. The highest BCUT2D eigenvalue weighted by atomic mass is 16.5. The van der Waals surface area contributed by atoms with E-state index in [1.54, 1.807) is 6.92 Å². The van der Waals surface area contributed by atoms with Crippen LogP contribution < -0.4 is 10.1 Å². The summed E-state index contributed by atoms with van der Waals surface area (Å²) in [5.74, 6) is 1.52. The fraction of sp³-hybridized carbons (Fsp3) is 0.611. The zero-order valence-corrected chi connectivity index (χ0v) is 14.4. The Bertz CT molecular complexity index is 480. The summed E-state index contributed by atoms with van der Waals surface area (Å²) in [5, 5.41) is 3.00. The van der Waals surface area contributed by atoms with Gasteiger partial charge in [-0.2, -0.15) is 0 Å². The second kappa shape index (κ2) is 7.48. The molecule has 0 radical (unpaired) electrons. The minimum absolute atomic E-state index is 0.0626. The fourth-order valence-corrected chi connectivity index (χ4v) is 1.97. The van der Waals surface area contributed by atoms with Gasteiger partial charge in [-0.1, -0.05) is 39.8 Å². The van der Waals surface area contributed by atoms with Crippen molar-refractivity contribution >= 4 is 5.91 Å². The van der Waals surface area contributed by atoms with Crippen molar-refractivity contribution in [1.29, 1.82) is 0 Å². The summed E-state index contributed by atoms with van der Waals surface area (Å²) in [6.07, 6.45) is -0.495. The molecular weight excluding hydrogens is 262 g/mol. The molecule has 0 aromatic heterocycles. The summed E-state index contributed by atoms with van der Waals surface area (Å²) in [6, 6.07) is 6.31. The first-order valence-corrected chi connectivity index (χ1v) is 7.80. The van der Waals surface area contributed by atoms with Crippen molar-refractivity contribution in [1.82, 2.24) is 5.32 Å². The highest BCUT2D eigenvalue weighted by Gasteiger charge is 2.20. The fourth-order valence-electron chi connectivity index (χ4n) is 1.97. The number of hydrogen-bond donors (Lipinski definition) is 1. The van der Waals surface area contributed by atoms with Crippen molar-refractivity contribution in [2.45, 2.75) is 66.5 Å². The van der Waals surface area contributed by atoms with Crippen molar-refractivity contribution in [3.05, 3.63) is 29.3 Å². The van der Waals surface area contributed by atoms with Gasteiger partial charge in [-0.25, -0.2) is 0 Å². The molecule has 0 fully saturated rings. The lowest BCUT2D eigenvalue weighted by molar-refractivity contribution is -0.128. The van der Waals surface area contributed by atoms with Crippen molar-refractivity contribution in [2.75, 3.05) is 0 Å². The Morgan fingerprint density at radius 2 is 1.71 bits per heavy atom. The van der Waals surface area contributed by atoms with Gasteiger partial charge in [0.15, 0.2) is 6.10 Å². The quantitative estimate of drug-likeness (QED) is 0.858. The summed E-state index contributed by atoms with van der Waals surface area (Å²) in [7, 11) is 0. The predicted octanol–water partition coefficient (Wildman–Crippen LogP) is 4.05. The number of ether oxygens (including phenoxy) is 1. The molecule has 0 unspecified atom stereocenters. The van der Waals surface area contributed by atoms with Crippen LogP contribution in [0, 0.1) is 12.8 Å². The van der Waals surface area contributed by atoms with Crippen LogP contribution in [0.3, 0.4) is 0 Å². The minimum Gasteiger partial charge on any atom is -0.481 e. The van der Waals surface area contributed by atoms with Crippen LogP contribution in [0.5, 0.6) is 5.75 Å². The summed E-state index contributed by atoms with van der Waals surface area (Å²) in [5.41, 5.74) is 2.27. The first kappa shape index (κ1) is 17.5. The van der Waals surface area contributed by atoms with Crippen LogP contribution in [-0.4, -0.2) is 18.1 Å². The second-order valence-corrected chi connectivity index (χ2v) is 6.50. The molecule has 1 amide bonds. The molecule has 0 saturated heterocycles. The van der Waals surface area contributed by atoms with Gasteiger partial charge in [0, 0.05) is 6.04 Å². The van der Waals surface area contributed by atoms with E-state index >= 15 is 0 Å². The molecular formula is C18H29NO2. The van der Waals surface area contributed by atoms with Crippen LogP contribution in [0.4, 0.5) is 0 Å². The maximum absolute atomic E-state index is 12.2. The summed E-state index contributed by atoms with van der Waals surface area (Å²) in [6.45, 7) is 14.3. The van der Waals surface area contributed by atoms with Crippen molar-refractivity contribution in [3.63, 3.8) is 0 Å². The third-order valence-corrected chi connectivity index (χ3v) is 3.83. The Labute approximate surface area is 129 Å². The molecule has 118 valence electrons. The van der Waals surface area contributed by atoms with Gasteiger partial charge in [0.25, 0.3) is 5.91 Å². The van der Waals surface area contributed by atoms with Gasteiger partial charge >= 0.3 is 0 Å². The molecule has 1 rings (SSSR count). The zero-order valence-electron chi connectivity index (χ0n) is 14.4. The number of benzene rings is 1. The Morgan fingerprint density at radius 1 is 1.10 bits per heavy atom. The molecule has 0 heterocycles.